The van der Waals surface area contributed by atoms with Crippen LogP contribution in [-0.4, -0.2) is 22.2 Å². The Morgan fingerprint density at radius 1 is 1.00 bits per heavy atom. The van der Waals surface area contributed by atoms with E-state index in [4.69, 9.17) is 21.7 Å². The second-order valence-corrected chi connectivity index (χ2v) is 10.2. The number of halogens is 1. The van der Waals surface area contributed by atoms with Crippen LogP contribution < -0.4 is 9.47 Å². The maximum atomic E-state index is 13.0. The number of hydrogen-bond donors (Lipinski definition) is 0. The minimum absolute atomic E-state index is 0.0832. The molecule has 4 nitrogen and oxygen atoms in total. The molecule has 3 aromatic rings. The lowest BCUT2D eigenvalue weighted by atomic mass is 10.1. The smallest absolute Gasteiger partial charge is 0.266 e. The molecule has 33 heavy (non-hydrogen) atoms. The molecule has 1 saturated heterocycles. The topological polar surface area (TPSA) is 38.8 Å². The summed E-state index contributed by atoms with van der Waals surface area (Å²) < 4.78 is 13.1. The molecule has 1 aliphatic heterocycles. The van der Waals surface area contributed by atoms with Gasteiger partial charge in [-0.15, -0.1) is 0 Å². The summed E-state index contributed by atoms with van der Waals surface area (Å²) in [4.78, 5) is 15.2. The fourth-order valence-corrected chi connectivity index (χ4v) is 4.82. The van der Waals surface area contributed by atoms with Crippen molar-refractivity contribution in [1.29, 1.82) is 0 Å². The van der Waals surface area contributed by atoms with Gasteiger partial charge in [-0.05, 0) is 54.0 Å². The summed E-state index contributed by atoms with van der Waals surface area (Å²) in [5.74, 6) is 1.17. The van der Waals surface area contributed by atoms with E-state index in [0.29, 0.717) is 33.9 Å². The molecular formula is C26H22BrNO3S2. The van der Waals surface area contributed by atoms with E-state index in [-0.39, 0.29) is 5.91 Å². The quantitative estimate of drug-likeness (QED) is 0.245. The van der Waals surface area contributed by atoms with Gasteiger partial charge in [-0.25, -0.2) is 0 Å². The summed E-state index contributed by atoms with van der Waals surface area (Å²) in [6.45, 7) is 2.94. The van der Waals surface area contributed by atoms with Crippen LogP contribution in [0.2, 0.25) is 0 Å². The van der Waals surface area contributed by atoms with Gasteiger partial charge in [0.25, 0.3) is 5.91 Å². The number of hydrogen-bond acceptors (Lipinski definition) is 5. The van der Waals surface area contributed by atoms with Gasteiger partial charge in [0.1, 0.15) is 10.9 Å². The van der Waals surface area contributed by atoms with Crippen LogP contribution in [-0.2, 0) is 17.9 Å². The zero-order valence-corrected chi connectivity index (χ0v) is 21.4. The normalized spacial score (nSPS) is 14.8. The third-order valence-electron chi connectivity index (χ3n) is 5.13. The van der Waals surface area contributed by atoms with Gasteiger partial charge in [-0.1, -0.05) is 87.9 Å². The first-order valence-electron chi connectivity index (χ1n) is 10.3. The van der Waals surface area contributed by atoms with E-state index in [1.54, 1.807) is 12.0 Å². The highest BCUT2D eigenvalue weighted by molar-refractivity contribution is 9.10. The van der Waals surface area contributed by atoms with Crippen molar-refractivity contribution in [3.05, 3.63) is 98.4 Å². The van der Waals surface area contributed by atoms with Gasteiger partial charge in [0.2, 0.25) is 0 Å². The number of aryl methyl sites for hydroxylation is 1. The van der Waals surface area contributed by atoms with Gasteiger partial charge >= 0.3 is 0 Å². The number of carbonyl (C=O) groups is 1. The van der Waals surface area contributed by atoms with E-state index >= 15 is 0 Å². The highest BCUT2D eigenvalue weighted by Gasteiger charge is 2.32. The lowest BCUT2D eigenvalue weighted by Gasteiger charge is -2.14. The van der Waals surface area contributed by atoms with Crippen LogP contribution in [0.25, 0.3) is 6.08 Å². The van der Waals surface area contributed by atoms with Crippen LogP contribution in [0.1, 0.15) is 22.3 Å². The van der Waals surface area contributed by atoms with Crippen LogP contribution in [0.3, 0.4) is 0 Å². The van der Waals surface area contributed by atoms with Crippen molar-refractivity contribution < 1.29 is 14.3 Å². The maximum Gasteiger partial charge on any atom is 0.266 e. The first kappa shape index (κ1) is 23.5. The molecule has 0 aromatic heterocycles. The third kappa shape index (κ3) is 5.85. The number of nitrogens with zero attached hydrogens (tertiary/aromatic N) is 1. The Hall–Kier alpha value is -2.61. The van der Waals surface area contributed by atoms with Gasteiger partial charge in [0.15, 0.2) is 11.5 Å². The Morgan fingerprint density at radius 2 is 1.70 bits per heavy atom. The highest BCUT2D eigenvalue weighted by Crippen LogP contribution is 2.35. The summed E-state index contributed by atoms with van der Waals surface area (Å²) in [6, 6.07) is 21.7. The van der Waals surface area contributed by atoms with E-state index in [0.717, 1.165) is 21.2 Å². The molecule has 0 saturated carbocycles. The molecular weight excluding hydrogens is 518 g/mol. The summed E-state index contributed by atoms with van der Waals surface area (Å²) in [7, 11) is 1.60. The predicted molar refractivity (Wildman–Crippen MR) is 141 cm³/mol. The van der Waals surface area contributed by atoms with Gasteiger partial charge in [0.05, 0.1) is 18.6 Å². The summed E-state index contributed by atoms with van der Waals surface area (Å²) in [6.07, 6.45) is 1.84. The number of benzene rings is 3. The second-order valence-electron chi connectivity index (χ2n) is 7.58. The van der Waals surface area contributed by atoms with E-state index in [1.165, 1.54) is 17.3 Å². The summed E-state index contributed by atoms with van der Waals surface area (Å²) >= 11 is 10.2. The molecule has 4 rings (SSSR count). The second kappa shape index (κ2) is 10.5. The number of carbonyl (C=O) groups excluding carboxylic acids is 1. The molecule has 0 unspecified atom stereocenters. The van der Waals surface area contributed by atoms with Crippen LogP contribution in [0.4, 0.5) is 0 Å². The van der Waals surface area contributed by atoms with Crippen molar-refractivity contribution in [2.45, 2.75) is 20.1 Å². The van der Waals surface area contributed by atoms with Crippen molar-refractivity contribution in [2.24, 2.45) is 0 Å². The standard InChI is InChI=1S/C26H22BrNO3S2/c1-17-3-5-18(6-4-17)15-28-25(29)24(33-26(28)32)14-20-9-12-22(23(13-20)30-2)31-16-19-7-10-21(27)11-8-19/h3-14H,15-16H2,1-2H3. The zero-order chi connectivity index (χ0) is 23.4. The largest absolute Gasteiger partial charge is 0.493 e. The van der Waals surface area contributed by atoms with Crippen molar-refractivity contribution in [3.63, 3.8) is 0 Å². The number of methoxy groups -OCH3 is 1. The van der Waals surface area contributed by atoms with Gasteiger partial charge < -0.3 is 9.47 Å². The molecule has 7 heteroatoms. The fourth-order valence-electron chi connectivity index (χ4n) is 3.30. The first-order chi connectivity index (χ1) is 15.9. The van der Waals surface area contributed by atoms with Crippen LogP contribution >= 0.6 is 39.9 Å². The maximum absolute atomic E-state index is 13.0. The average Bonchev–Trinajstić information content (AvgIpc) is 3.07. The molecule has 1 heterocycles. The SMILES string of the molecule is COc1cc(C=C2SC(=S)N(Cc3ccc(C)cc3)C2=O)ccc1OCc1ccc(Br)cc1. The molecule has 0 N–H and O–H groups in total. The zero-order valence-electron chi connectivity index (χ0n) is 18.2. The Bertz CT molecular complexity index is 1210. The molecule has 0 radical (unpaired) electrons. The summed E-state index contributed by atoms with van der Waals surface area (Å²) in [5, 5.41) is 0. The molecule has 0 bridgehead atoms. The molecule has 168 valence electrons. The monoisotopic (exact) mass is 539 g/mol. The van der Waals surface area contributed by atoms with Gasteiger partial charge in [0, 0.05) is 4.47 Å². The van der Waals surface area contributed by atoms with E-state index in [9.17, 15) is 4.79 Å². The molecule has 0 atom stereocenters. The number of amides is 1. The fraction of sp³-hybridized carbons (Fsp3) is 0.154. The summed E-state index contributed by atoms with van der Waals surface area (Å²) in [5.41, 5.74) is 4.13. The number of thiocarbonyl (C=S) groups is 1. The van der Waals surface area contributed by atoms with Crippen molar-refractivity contribution >= 4 is 56.2 Å². The van der Waals surface area contributed by atoms with E-state index < -0.39 is 0 Å². The molecule has 3 aromatic carbocycles. The molecule has 1 aliphatic rings. The average molecular weight is 541 g/mol. The first-order valence-corrected chi connectivity index (χ1v) is 12.3. The minimum atomic E-state index is -0.0832. The Morgan fingerprint density at radius 3 is 2.39 bits per heavy atom. The number of thioether (sulfide) groups is 1. The Balaban J connectivity index is 1.47. The number of ether oxygens (including phenoxy) is 2. The van der Waals surface area contributed by atoms with Crippen molar-refractivity contribution in [3.8, 4) is 11.5 Å². The van der Waals surface area contributed by atoms with E-state index in [1.807, 2.05) is 79.7 Å². The highest BCUT2D eigenvalue weighted by atomic mass is 79.9. The van der Waals surface area contributed by atoms with Gasteiger partial charge in [-0.3, -0.25) is 9.69 Å². The molecule has 1 amide bonds. The Labute approximate surface area is 211 Å². The molecule has 0 aliphatic carbocycles. The van der Waals surface area contributed by atoms with Crippen LogP contribution in [0, 0.1) is 6.92 Å². The lowest BCUT2D eigenvalue weighted by Crippen LogP contribution is -2.27. The molecule has 1 fully saturated rings. The van der Waals surface area contributed by atoms with E-state index in [2.05, 4.69) is 15.9 Å². The minimum Gasteiger partial charge on any atom is -0.493 e. The molecule has 0 spiro atoms. The number of rotatable bonds is 7. The van der Waals surface area contributed by atoms with Crippen molar-refractivity contribution in [2.75, 3.05) is 7.11 Å². The third-order valence-corrected chi connectivity index (χ3v) is 7.03. The Kier molecular flexibility index (Phi) is 7.53. The van der Waals surface area contributed by atoms with Gasteiger partial charge in [-0.2, -0.15) is 0 Å². The van der Waals surface area contributed by atoms with Crippen LogP contribution in [0.15, 0.2) is 76.1 Å². The predicted octanol–water partition coefficient (Wildman–Crippen LogP) is 6.75. The lowest BCUT2D eigenvalue weighted by molar-refractivity contribution is -0.122. The van der Waals surface area contributed by atoms with Crippen LogP contribution in [0.5, 0.6) is 11.5 Å². The van der Waals surface area contributed by atoms with Crippen molar-refractivity contribution in [1.82, 2.24) is 4.90 Å².